The van der Waals surface area contributed by atoms with Gasteiger partial charge in [-0.15, -0.1) is 0 Å². The molecule has 1 saturated heterocycles. The quantitative estimate of drug-likeness (QED) is 0.633. The number of nitrogens with zero attached hydrogens (tertiary/aromatic N) is 1. The second-order valence-electron chi connectivity index (χ2n) is 3.03. The lowest BCUT2D eigenvalue weighted by Gasteiger charge is -2.29. The highest BCUT2D eigenvalue weighted by atomic mass is 32.2. The minimum atomic E-state index is -1.06. The molecule has 0 saturated carbocycles. The molecule has 0 radical (unpaired) electrons. The Kier molecular flexibility index (Phi) is 4.14. The second-order valence-corrected chi connectivity index (χ2v) is 4.46. The van der Waals surface area contributed by atoms with Crippen LogP contribution in [-0.4, -0.2) is 40.4 Å². The fraction of sp³-hybridized carbons (Fsp3) is 1.00. The highest BCUT2D eigenvalue weighted by Gasteiger charge is 2.22. The molecule has 5 heteroatoms. The van der Waals surface area contributed by atoms with Crippen LogP contribution in [0.2, 0.25) is 0 Å². The average molecular weight is 192 g/mol. The number of nitrogens with one attached hydrogen (secondary N) is 1. The molecule has 0 bridgehead atoms. The van der Waals surface area contributed by atoms with Crippen molar-refractivity contribution in [2.45, 2.75) is 12.8 Å². The number of hydrogen-bond acceptors (Lipinski definition) is 2. The molecular formula is C7H16N2O2S. The Bertz CT molecular complexity index is 165. The summed E-state index contributed by atoms with van der Waals surface area (Å²) in [7, 11) is 1.68. The van der Waals surface area contributed by atoms with Crippen LogP contribution in [0.15, 0.2) is 0 Å². The van der Waals surface area contributed by atoms with E-state index in [1.165, 1.54) is 0 Å². The van der Waals surface area contributed by atoms with Gasteiger partial charge >= 0.3 is 0 Å². The first-order valence-corrected chi connectivity index (χ1v) is 5.33. The summed E-state index contributed by atoms with van der Waals surface area (Å²) in [6.07, 6.45) is 2.08. The number of hydrogen-bond donors (Lipinski definition) is 2. The van der Waals surface area contributed by atoms with E-state index in [0.29, 0.717) is 5.92 Å². The number of aliphatic hydroxyl groups excluding tert-OH is 1. The number of piperidine rings is 1. The van der Waals surface area contributed by atoms with E-state index in [1.807, 2.05) is 4.31 Å². The highest BCUT2D eigenvalue weighted by Crippen LogP contribution is 2.16. The van der Waals surface area contributed by atoms with Crippen molar-refractivity contribution in [2.75, 3.05) is 26.7 Å². The van der Waals surface area contributed by atoms with Crippen molar-refractivity contribution in [3.63, 3.8) is 0 Å². The number of aliphatic hydroxyl groups is 1. The zero-order valence-corrected chi connectivity index (χ0v) is 8.14. The van der Waals surface area contributed by atoms with Gasteiger partial charge in [-0.25, -0.2) is 13.2 Å². The largest absolute Gasteiger partial charge is 0.396 e. The maximum absolute atomic E-state index is 11.3. The predicted molar refractivity (Wildman–Crippen MR) is 48.6 cm³/mol. The molecule has 0 spiro atoms. The molecule has 72 valence electrons. The van der Waals surface area contributed by atoms with Gasteiger partial charge in [0.25, 0.3) is 0 Å². The van der Waals surface area contributed by atoms with Crippen LogP contribution in [-0.2, 0) is 11.2 Å². The van der Waals surface area contributed by atoms with Gasteiger partial charge in [-0.2, -0.15) is 0 Å². The first-order chi connectivity index (χ1) is 5.77. The second kappa shape index (κ2) is 4.91. The Morgan fingerprint density at radius 2 is 2.50 bits per heavy atom. The van der Waals surface area contributed by atoms with Crippen molar-refractivity contribution in [1.82, 2.24) is 9.03 Å². The van der Waals surface area contributed by atoms with Crippen LogP contribution >= 0.6 is 0 Å². The molecular weight excluding hydrogens is 176 g/mol. The van der Waals surface area contributed by atoms with Crippen molar-refractivity contribution in [3.8, 4) is 0 Å². The van der Waals surface area contributed by atoms with Crippen LogP contribution in [0.4, 0.5) is 0 Å². The molecule has 0 aromatic heterocycles. The monoisotopic (exact) mass is 192 g/mol. The van der Waals surface area contributed by atoms with E-state index in [-0.39, 0.29) is 6.61 Å². The summed E-state index contributed by atoms with van der Waals surface area (Å²) < 4.78 is 15.8. The van der Waals surface area contributed by atoms with E-state index in [1.54, 1.807) is 7.05 Å². The zero-order valence-electron chi connectivity index (χ0n) is 7.32. The van der Waals surface area contributed by atoms with Gasteiger partial charge < -0.3 is 5.11 Å². The van der Waals surface area contributed by atoms with Crippen LogP contribution < -0.4 is 4.72 Å². The van der Waals surface area contributed by atoms with Crippen LogP contribution in [0.3, 0.4) is 0 Å². The Labute approximate surface area is 75.7 Å². The molecule has 0 aliphatic carbocycles. The third kappa shape index (κ3) is 2.52. The molecule has 2 atom stereocenters. The fourth-order valence-electron chi connectivity index (χ4n) is 1.46. The Morgan fingerprint density at radius 1 is 1.75 bits per heavy atom. The third-order valence-electron chi connectivity index (χ3n) is 2.15. The van der Waals surface area contributed by atoms with Gasteiger partial charge in [-0.1, -0.05) is 0 Å². The van der Waals surface area contributed by atoms with Gasteiger partial charge in [0.15, 0.2) is 11.2 Å². The van der Waals surface area contributed by atoms with Gasteiger partial charge in [0.2, 0.25) is 0 Å². The smallest absolute Gasteiger partial charge is 0.169 e. The SMILES string of the molecule is CNS(=O)N1CCCC(CO)C1. The third-order valence-corrected chi connectivity index (χ3v) is 3.30. The van der Waals surface area contributed by atoms with Crippen LogP contribution in [0.25, 0.3) is 0 Å². The maximum Gasteiger partial charge on any atom is 0.169 e. The lowest BCUT2D eigenvalue weighted by Crippen LogP contribution is -2.41. The van der Waals surface area contributed by atoms with E-state index in [2.05, 4.69) is 4.72 Å². The summed E-state index contributed by atoms with van der Waals surface area (Å²) >= 11 is -1.06. The predicted octanol–water partition coefficient (Wildman–Crippen LogP) is -0.511. The lowest BCUT2D eigenvalue weighted by atomic mass is 10.0. The van der Waals surface area contributed by atoms with E-state index in [9.17, 15) is 4.21 Å². The number of rotatable bonds is 3. The maximum atomic E-state index is 11.3. The summed E-state index contributed by atoms with van der Waals surface area (Å²) in [5.41, 5.74) is 0. The molecule has 0 aromatic carbocycles. The van der Waals surface area contributed by atoms with Gasteiger partial charge in [0.05, 0.1) is 0 Å². The van der Waals surface area contributed by atoms with E-state index in [0.717, 1.165) is 25.9 Å². The topological polar surface area (TPSA) is 52.6 Å². The average Bonchev–Trinajstić information content (AvgIpc) is 2.17. The molecule has 0 amide bonds. The van der Waals surface area contributed by atoms with Crippen molar-refractivity contribution in [1.29, 1.82) is 0 Å². The Hall–Kier alpha value is 0.0300. The summed E-state index contributed by atoms with van der Waals surface area (Å²) in [5.74, 6) is 0.302. The molecule has 1 aliphatic heterocycles. The first kappa shape index (κ1) is 10.1. The van der Waals surface area contributed by atoms with E-state index in [4.69, 9.17) is 5.11 Å². The molecule has 1 rings (SSSR count). The highest BCUT2D eigenvalue weighted by molar-refractivity contribution is 7.80. The Balaban J connectivity index is 2.40. The van der Waals surface area contributed by atoms with Crippen LogP contribution in [0.1, 0.15) is 12.8 Å². The standard InChI is InChI=1S/C7H16N2O2S/c1-8-12(11)9-4-2-3-7(5-9)6-10/h7-8,10H,2-6H2,1H3. The summed E-state index contributed by atoms with van der Waals surface area (Å²) in [4.78, 5) is 0. The summed E-state index contributed by atoms with van der Waals surface area (Å²) in [5, 5.41) is 8.92. The van der Waals surface area contributed by atoms with Gasteiger partial charge in [-0.3, -0.25) is 0 Å². The minimum Gasteiger partial charge on any atom is -0.396 e. The molecule has 1 fully saturated rings. The Morgan fingerprint density at radius 3 is 3.08 bits per heavy atom. The zero-order chi connectivity index (χ0) is 8.97. The normalized spacial score (nSPS) is 28.7. The van der Waals surface area contributed by atoms with Crippen molar-refractivity contribution < 1.29 is 9.32 Å². The van der Waals surface area contributed by atoms with Crippen LogP contribution in [0.5, 0.6) is 0 Å². The lowest BCUT2D eigenvalue weighted by molar-refractivity contribution is 0.168. The molecule has 12 heavy (non-hydrogen) atoms. The minimum absolute atomic E-state index is 0.206. The summed E-state index contributed by atoms with van der Waals surface area (Å²) in [6.45, 7) is 1.81. The van der Waals surface area contributed by atoms with E-state index < -0.39 is 11.2 Å². The van der Waals surface area contributed by atoms with Crippen LogP contribution in [0, 0.1) is 5.92 Å². The molecule has 4 nitrogen and oxygen atoms in total. The summed E-state index contributed by atoms with van der Waals surface area (Å²) in [6, 6.07) is 0. The molecule has 2 N–H and O–H groups in total. The van der Waals surface area contributed by atoms with E-state index >= 15 is 0 Å². The van der Waals surface area contributed by atoms with Gasteiger partial charge in [-0.05, 0) is 25.8 Å². The molecule has 1 aliphatic rings. The molecule has 0 aromatic rings. The van der Waals surface area contributed by atoms with Gasteiger partial charge in [0.1, 0.15) is 0 Å². The fourth-order valence-corrected chi connectivity index (χ4v) is 2.35. The van der Waals surface area contributed by atoms with Crippen molar-refractivity contribution in [3.05, 3.63) is 0 Å². The van der Waals surface area contributed by atoms with Gasteiger partial charge in [0, 0.05) is 19.7 Å². The van der Waals surface area contributed by atoms with Crippen molar-refractivity contribution >= 4 is 11.2 Å². The first-order valence-electron chi connectivity index (χ1n) is 4.23. The van der Waals surface area contributed by atoms with Crippen molar-refractivity contribution in [2.24, 2.45) is 5.92 Å². The molecule has 2 unspecified atom stereocenters. The molecule has 1 heterocycles.